The number of nitrogens with zero attached hydrogens (tertiary/aromatic N) is 4. The molecule has 1 saturated carbocycles. The Hall–Kier alpha value is -3.69. The van der Waals surface area contributed by atoms with Crippen molar-refractivity contribution in [1.29, 1.82) is 0 Å². The number of aromatic nitrogens is 4. The van der Waals surface area contributed by atoms with E-state index in [0.29, 0.717) is 28.8 Å². The van der Waals surface area contributed by atoms with Crippen molar-refractivity contribution in [2.75, 3.05) is 10.6 Å². The Morgan fingerprint density at radius 3 is 2.55 bits per heavy atom. The Kier molecular flexibility index (Phi) is 5.57. The fourth-order valence-electron chi connectivity index (χ4n) is 3.11. The molecule has 1 aliphatic rings. The van der Waals surface area contributed by atoms with Crippen LogP contribution in [0.5, 0.6) is 11.6 Å². The third-order valence-electron chi connectivity index (χ3n) is 4.83. The van der Waals surface area contributed by atoms with Crippen LogP contribution in [-0.2, 0) is 4.79 Å². The minimum Gasteiger partial charge on any atom is -0.438 e. The van der Waals surface area contributed by atoms with Gasteiger partial charge in [0.25, 0.3) is 5.91 Å². The van der Waals surface area contributed by atoms with Crippen molar-refractivity contribution in [1.82, 2.24) is 19.6 Å². The van der Waals surface area contributed by atoms with Crippen LogP contribution in [-0.4, -0.2) is 31.4 Å². The summed E-state index contributed by atoms with van der Waals surface area (Å²) in [5.41, 5.74) is 1.36. The molecular weight excluding hydrogens is 467 g/mol. The number of hydrogen-bond acceptors (Lipinski definition) is 6. The minimum absolute atomic E-state index is 0.0231. The molecule has 9 nitrogen and oxygen atoms in total. The van der Waals surface area contributed by atoms with Gasteiger partial charge in [-0.25, -0.2) is 14.5 Å². The number of amides is 2. The molecule has 2 amide bonds. The van der Waals surface area contributed by atoms with Crippen molar-refractivity contribution in [3.63, 3.8) is 0 Å². The number of hydrogen-bond donors (Lipinski definition) is 2. The maximum Gasteiger partial charge on any atom is 0.255 e. The molecule has 2 N–H and O–H groups in total. The predicted octanol–water partition coefficient (Wildman–Crippen LogP) is 4.82. The number of ether oxygens (including phenoxy) is 1. The molecule has 11 heteroatoms. The predicted molar refractivity (Wildman–Crippen MR) is 123 cm³/mol. The largest absolute Gasteiger partial charge is 0.438 e. The first-order valence-electron chi connectivity index (χ1n) is 10.0. The molecule has 33 heavy (non-hydrogen) atoms. The van der Waals surface area contributed by atoms with Crippen LogP contribution >= 0.6 is 23.2 Å². The number of rotatable bonds is 6. The first kappa shape index (κ1) is 21.2. The van der Waals surface area contributed by atoms with E-state index >= 15 is 0 Å². The molecule has 1 aromatic carbocycles. The van der Waals surface area contributed by atoms with Gasteiger partial charge in [-0.1, -0.05) is 29.3 Å². The Morgan fingerprint density at radius 1 is 1.00 bits per heavy atom. The molecule has 3 heterocycles. The molecule has 0 unspecified atom stereocenters. The Morgan fingerprint density at radius 2 is 1.79 bits per heavy atom. The van der Waals surface area contributed by atoms with E-state index in [2.05, 4.69) is 25.7 Å². The average molecular weight is 483 g/mol. The van der Waals surface area contributed by atoms with Gasteiger partial charge in [-0.3, -0.25) is 9.59 Å². The van der Waals surface area contributed by atoms with Gasteiger partial charge in [0.15, 0.2) is 11.5 Å². The number of anilines is 2. The lowest BCUT2D eigenvalue weighted by atomic mass is 10.2. The summed E-state index contributed by atoms with van der Waals surface area (Å²) in [5.74, 6) is 0.894. The van der Waals surface area contributed by atoms with Crippen LogP contribution in [0, 0.1) is 5.92 Å². The Bertz CT molecular complexity index is 1370. The van der Waals surface area contributed by atoms with Crippen LogP contribution in [0.1, 0.15) is 23.2 Å². The van der Waals surface area contributed by atoms with E-state index in [9.17, 15) is 9.59 Å². The molecule has 0 bridgehead atoms. The summed E-state index contributed by atoms with van der Waals surface area (Å²) in [6, 6.07) is 13.1. The average Bonchev–Trinajstić information content (AvgIpc) is 3.54. The first-order valence-corrected chi connectivity index (χ1v) is 10.8. The van der Waals surface area contributed by atoms with Crippen LogP contribution in [0.25, 0.3) is 5.65 Å². The summed E-state index contributed by atoms with van der Waals surface area (Å²) in [5, 5.41) is 10.2. The van der Waals surface area contributed by atoms with Gasteiger partial charge in [-0.05, 0) is 43.2 Å². The smallest absolute Gasteiger partial charge is 0.255 e. The van der Waals surface area contributed by atoms with Crippen molar-refractivity contribution in [3.8, 4) is 11.6 Å². The fourth-order valence-corrected chi connectivity index (χ4v) is 3.57. The molecule has 0 radical (unpaired) electrons. The van der Waals surface area contributed by atoms with E-state index in [1.165, 1.54) is 16.6 Å². The maximum atomic E-state index is 12.5. The number of benzene rings is 1. The molecule has 0 aliphatic heterocycles. The van der Waals surface area contributed by atoms with Crippen molar-refractivity contribution in [2.45, 2.75) is 12.8 Å². The first-order chi connectivity index (χ1) is 15.9. The number of pyridine rings is 1. The van der Waals surface area contributed by atoms with Crippen LogP contribution in [0.15, 0.2) is 54.7 Å². The summed E-state index contributed by atoms with van der Waals surface area (Å²) in [6.07, 6.45) is 3.46. The topological polar surface area (TPSA) is 111 Å². The SMILES string of the molecule is O=C(Nc1cccc(Oc2ccc3nc(NC(=O)C4CC4)cn3n2)c1)c1cc(Cl)nc(Cl)c1. The quantitative estimate of drug-likeness (QED) is 0.381. The normalized spacial score (nSPS) is 13.0. The molecular formula is C22H16Cl2N6O3. The van der Waals surface area contributed by atoms with Gasteiger partial charge in [0, 0.05) is 29.3 Å². The zero-order valence-corrected chi connectivity index (χ0v) is 18.5. The monoisotopic (exact) mass is 482 g/mol. The third kappa shape index (κ3) is 5.05. The van der Waals surface area contributed by atoms with E-state index < -0.39 is 5.91 Å². The van der Waals surface area contributed by atoms with Gasteiger partial charge in [-0.2, -0.15) is 0 Å². The molecule has 5 rings (SSSR count). The molecule has 166 valence electrons. The summed E-state index contributed by atoms with van der Waals surface area (Å²) in [6.45, 7) is 0. The number of imidazole rings is 1. The Balaban J connectivity index is 1.29. The molecule has 0 spiro atoms. The number of fused-ring (bicyclic) bond motifs is 1. The second-order valence-corrected chi connectivity index (χ2v) is 8.22. The summed E-state index contributed by atoms with van der Waals surface area (Å²) in [7, 11) is 0. The molecule has 1 aliphatic carbocycles. The Labute approximate surface area is 197 Å². The van der Waals surface area contributed by atoms with Crippen molar-refractivity contribution in [3.05, 3.63) is 70.6 Å². The number of nitrogens with one attached hydrogen (secondary N) is 2. The zero-order chi connectivity index (χ0) is 22.9. The molecule has 0 saturated heterocycles. The maximum absolute atomic E-state index is 12.5. The minimum atomic E-state index is -0.392. The highest BCUT2D eigenvalue weighted by Gasteiger charge is 2.30. The highest BCUT2D eigenvalue weighted by molar-refractivity contribution is 6.33. The summed E-state index contributed by atoms with van der Waals surface area (Å²) in [4.78, 5) is 32.6. The lowest BCUT2D eigenvalue weighted by molar-refractivity contribution is -0.117. The second-order valence-electron chi connectivity index (χ2n) is 7.45. The lowest BCUT2D eigenvalue weighted by Gasteiger charge is -2.09. The van der Waals surface area contributed by atoms with Gasteiger partial charge in [0.05, 0.1) is 6.20 Å². The van der Waals surface area contributed by atoms with Crippen molar-refractivity contribution in [2.24, 2.45) is 5.92 Å². The second kappa shape index (κ2) is 8.68. The van der Waals surface area contributed by atoms with Gasteiger partial charge in [-0.15, -0.1) is 5.10 Å². The van der Waals surface area contributed by atoms with Crippen LogP contribution in [0.2, 0.25) is 10.3 Å². The highest BCUT2D eigenvalue weighted by Crippen LogP contribution is 2.30. The summed E-state index contributed by atoms with van der Waals surface area (Å²) < 4.78 is 7.37. The van der Waals surface area contributed by atoms with E-state index in [0.717, 1.165) is 12.8 Å². The number of carbonyl (C=O) groups excluding carboxylic acids is 2. The fraction of sp³-hybridized carbons (Fsp3) is 0.136. The highest BCUT2D eigenvalue weighted by atomic mass is 35.5. The lowest BCUT2D eigenvalue weighted by Crippen LogP contribution is -2.13. The van der Waals surface area contributed by atoms with Crippen molar-refractivity contribution >= 4 is 52.2 Å². The van der Waals surface area contributed by atoms with E-state index in [1.807, 2.05) is 0 Å². The van der Waals surface area contributed by atoms with E-state index in [4.69, 9.17) is 27.9 Å². The van der Waals surface area contributed by atoms with Gasteiger partial charge in [0.2, 0.25) is 11.8 Å². The third-order valence-corrected chi connectivity index (χ3v) is 5.22. The zero-order valence-electron chi connectivity index (χ0n) is 17.0. The van der Waals surface area contributed by atoms with Gasteiger partial charge < -0.3 is 15.4 Å². The molecule has 3 aromatic heterocycles. The molecule has 4 aromatic rings. The van der Waals surface area contributed by atoms with Crippen molar-refractivity contribution < 1.29 is 14.3 Å². The van der Waals surface area contributed by atoms with E-state index in [-0.39, 0.29) is 27.7 Å². The van der Waals surface area contributed by atoms with Gasteiger partial charge >= 0.3 is 0 Å². The number of halogens is 2. The number of carbonyl (C=O) groups is 2. The molecule has 0 atom stereocenters. The van der Waals surface area contributed by atoms with Crippen LogP contribution in [0.3, 0.4) is 0 Å². The summed E-state index contributed by atoms with van der Waals surface area (Å²) >= 11 is 11.7. The van der Waals surface area contributed by atoms with E-state index in [1.54, 1.807) is 42.6 Å². The van der Waals surface area contributed by atoms with Crippen LogP contribution in [0.4, 0.5) is 11.5 Å². The van der Waals surface area contributed by atoms with Crippen LogP contribution < -0.4 is 15.4 Å². The molecule has 1 fully saturated rings. The standard InChI is InChI=1S/C22H16Cl2N6O3/c23-16-8-13(9-17(24)26-16)22(32)25-14-2-1-3-15(10-14)33-20-7-6-19-27-18(11-30(19)29-20)28-21(31)12-4-5-12/h1-3,6-12H,4-5H2,(H,25,32)(H,28,31). The van der Waals surface area contributed by atoms with Gasteiger partial charge in [0.1, 0.15) is 16.1 Å².